The lowest BCUT2D eigenvalue weighted by atomic mass is 10.2. The molecule has 0 saturated carbocycles. The number of nitrogens with one attached hydrogen (secondary N) is 2. The van der Waals surface area contributed by atoms with Crippen LogP contribution in [0.2, 0.25) is 0 Å². The van der Waals surface area contributed by atoms with Crippen LogP contribution >= 0.6 is 0 Å². The van der Waals surface area contributed by atoms with Crippen molar-refractivity contribution < 1.29 is 9.21 Å². The van der Waals surface area contributed by atoms with E-state index in [9.17, 15) is 9.59 Å². The molecule has 0 aromatic carbocycles. The molecule has 0 spiro atoms. The average molecular weight is 391 g/mol. The highest BCUT2D eigenvalue weighted by molar-refractivity contribution is 5.95. The molecule has 2 N–H and O–H groups in total. The van der Waals surface area contributed by atoms with Crippen LogP contribution < -0.4 is 5.56 Å². The van der Waals surface area contributed by atoms with Gasteiger partial charge in [-0.05, 0) is 12.1 Å². The number of hydrogen-bond acceptors (Lipinski definition) is 9. The molecule has 5 aromatic rings. The smallest absolute Gasteiger partial charge is 0.279 e. The number of aromatic nitrogens is 9. The van der Waals surface area contributed by atoms with Gasteiger partial charge in [-0.2, -0.15) is 0 Å². The minimum Gasteiger partial charge on any atom is -0.423 e. The van der Waals surface area contributed by atoms with E-state index >= 15 is 0 Å². The molecule has 0 unspecified atom stereocenters. The number of rotatable bonds is 6. The predicted molar refractivity (Wildman–Crippen MR) is 98.1 cm³/mol. The number of carbonyl (C=O) groups is 1. The largest absolute Gasteiger partial charge is 0.423 e. The molecule has 0 aliphatic heterocycles. The number of aromatic amines is 2. The maximum absolute atomic E-state index is 12.4. The maximum Gasteiger partial charge on any atom is 0.279 e. The lowest BCUT2D eigenvalue weighted by molar-refractivity contribution is 0.0971. The van der Waals surface area contributed by atoms with Crippen molar-refractivity contribution >= 4 is 28.1 Å². The number of Topliss-reactive ketones (excluding diaryl/α,β-unsaturated/α-hetero) is 1. The minimum atomic E-state index is -0.291. The van der Waals surface area contributed by atoms with Crippen LogP contribution in [0, 0.1) is 0 Å². The van der Waals surface area contributed by atoms with Crippen molar-refractivity contribution in [2.45, 2.75) is 19.4 Å². The third-order valence-electron chi connectivity index (χ3n) is 4.32. The van der Waals surface area contributed by atoms with Gasteiger partial charge in [0.05, 0.1) is 11.8 Å². The molecule has 0 atom stereocenters. The standard InChI is InChI=1S/C17H13N9O3/c27-10(15-22-9-2-1-5-18-14(9)23-15)3-4-11-24-25-12(29-11)6-26-8-21-16-13(17(26)28)19-7-20-16/h1-2,5,7-8H,3-4,6H2,(H,19,20)(H,18,22,23). The Balaban J connectivity index is 1.26. The molecular weight excluding hydrogens is 378 g/mol. The van der Waals surface area contributed by atoms with Gasteiger partial charge < -0.3 is 14.4 Å². The fraction of sp³-hybridized carbons (Fsp3) is 0.176. The van der Waals surface area contributed by atoms with Crippen molar-refractivity contribution in [1.29, 1.82) is 0 Å². The number of aryl methyl sites for hydroxylation is 1. The van der Waals surface area contributed by atoms with Crippen LogP contribution in [0.5, 0.6) is 0 Å². The first-order valence-corrected chi connectivity index (χ1v) is 8.71. The van der Waals surface area contributed by atoms with Gasteiger partial charge in [-0.1, -0.05) is 0 Å². The molecular formula is C17H13N9O3. The number of pyridine rings is 1. The zero-order chi connectivity index (χ0) is 19.8. The summed E-state index contributed by atoms with van der Waals surface area (Å²) < 4.78 is 6.89. The summed E-state index contributed by atoms with van der Waals surface area (Å²) in [6.07, 6.45) is 4.78. The molecule has 0 bridgehead atoms. The van der Waals surface area contributed by atoms with Gasteiger partial charge in [0, 0.05) is 19.0 Å². The second-order valence-corrected chi connectivity index (χ2v) is 6.25. The Morgan fingerprint density at radius 1 is 1.14 bits per heavy atom. The first-order valence-electron chi connectivity index (χ1n) is 8.71. The molecule has 0 aliphatic rings. The zero-order valence-electron chi connectivity index (χ0n) is 14.9. The summed E-state index contributed by atoms with van der Waals surface area (Å²) in [7, 11) is 0. The van der Waals surface area contributed by atoms with Crippen LogP contribution in [-0.2, 0) is 13.0 Å². The first kappa shape index (κ1) is 16.9. The highest BCUT2D eigenvalue weighted by Crippen LogP contribution is 2.11. The molecule has 5 aromatic heterocycles. The Labute approximate surface area is 161 Å². The van der Waals surface area contributed by atoms with E-state index in [-0.39, 0.29) is 42.4 Å². The molecule has 5 heterocycles. The number of nitrogens with zero attached hydrogens (tertiary/aromatic N) is 7. The van der Waals surface area contributed by atoms with E-state index in [2.05, 4.69) is 40.1 Å². The van der Waals surface area contributed by atoms with Gasteiger partial charge in [-0.15, -0.1) is 10.2 Å². The fourth-order valence-corrected chi connectivity index (χ4v) is 2.89. The lowest BCUT2D eigenvalue weighted by Crippen LogP contribution is -2.21. The third kappa shape index (κ3) is 3.16. The van der Waals surface area contributed by atoms with Crippen molar-refractivity contribution in [3.8, 4) is 0 Å². The monoisotopic (exact) mass is 391 g/mol. The lowest BCUT2D eigenvalue weighted by Gasteiger charge is -2.00. The zero-order valence-corrected chi connectivity index (χ0v) is 14.9. The Kier molecular flexibility index (Phi) is 3.93. The number of carbonyl (C=O) groups excluding carboxylic acids is 1. The van der Waals surface area contributed by atoms with Gasteiger partial charge in [-0.3, -0.25) is 14.2 Å². The quantitative estimate of drug-likeness (QED) is 0.396. The summed E-state index contributed by atoms with van der Waals surface area (Å²) in [6, 6.07) is 3.56. The summed E-state index contributed by atoms with van der Waals surface area (Å²) in [6.45, 7) is 0.0665. The number of imidazole rings is 2. The highest BCUT2D eigenvalue weighted by Gasteiger charge is 2.15. The van der Waals surface area contributed by atoms with Crippen LogP contribution in [0.15, 0.2) is 40.2 Å². The molecule has 0 saturated heterocycles. The van der Waals surface area contributed by atoms with Crippen LogP contribution in [0.25, 0.3) is 22.3 Å². The highest BCUT2D eigenvalue weighted by atomic mass is 16.4. The van der Waals surface area contributed by atoms with Crippen molar-refractivity contribution in [2.75, 3.05) is 0 Å². The van der Waals surface area contributed by atoms with Crippen molar-refractivity contribution in [3.05, 3.63) is 58.9 Å². The summed E-state index contributed by atoms with van der Waals surface area (Å²) in [4.78, 5) is 46.7. The van der Waals surface area contributed by atoms with Gasteiger partial charge in [-0.25, -0.2) is 19.9 Å². The van der Waals surface area contributed by atoms with E-state index in [1.165, 1.54) is 17.2 Å². The molecule has 0 amide bonds. The summed E-state index contributed by atoms with van der Waals surface area (Å²) >= 11 is 0. The van der Waals surface area contributed by atoms with Gasteiger partial charge in [0.2, 0.25) is 11.8 Å². The molecule has 144 valence electrons. The minimum absolute atomic E-state index is 0.0665. The summed E-state index contributed by atoms with van der Waals surface area (Å²) in [5.41, 5.74) is 1.55. The number of fused-ring (bicyclic) bond motifs is 2. The van der Waals surface area contributed by atoms with Gasteiger partial charge >= 0.3 is 0 Å². The number of H-pyrrole nitrogens is 2. The second kappa shape index (κ2) is 6.74. The molecule has 0 radical (unpaired) electrons. The summed E-state index contributed by atoms with van der Waals surface area (Å²) in [5.74, 6) is 0.589. The average Bonchev–Trinajstić information content (AvgIpc) is 3.47. The van der Waals surface area contributed by atoms with E-state index in [1.54, 1.807) is 18.3 Å². The molecule has 12 nitrogen and oxygen atoms in total. The predicted octanol–water partition coefficient (Wildman–Crippen LogP) is 0.638. The molecule has 29 heavy (non-hydrogen) atoms. The van der Waals surface area contributed by atoms with Gasteiger partial charge in [0.1, 0.15) is 12.9 Å². The Bertz CT molecular complexity index is 1360. The van der Waals surface area contributed by atoms with E-state index in [4.69, 9.17) is 4.42 Å². The van der Waals surface area contributed by atoms with Crippen LogP contribution in [0.4, 0.5) is 0 Å². The van der Waals surface area contributed by atoms with Crippen molar-refractivity contribution in [2.24, 2.45) is 0 Å². The van der Waals surface area contributed by atoms with Crippen LogP contribution in [0.1, 0.15) is 28.8 Å². The van der Waals surface area contributed by atoms with E-state index < -0.39 is 0 Å². The second-order valence-electron chi connectivity index (χ2n) is 6.25. The van der Waals surface area contributed by atoms with Gasteiger partial charge in [0.15, 0.2) is 28.4 Å². The van der Waals surface area contributed by atoms with E-state index in [0.717, 1.165) is 0 Å². The Morgan fingerprint density at radius 2 is 2.03 bits per heavy atom. The normalized spacial score (nSPS) is 11.4. The summed E-state index contributed by atoms with van der Waals surface area (Å²) in [5, 5.41) is 7.87. The van der Waals surface area contributed by atoms with Crippen LogP contribution in [-0.4, -0.2) is 50.5 Å². The topological polar surface area (TPSA) is 161 Å². The molecule has 0 aliphatic carbocycles. The number of hydrogen-bond donors (Lipinski definition) is 2. The maximum atomic E-state index is 12.4. The van der Waals surface area contributed by atoms with Gasteiger partial charge in [0.25, 0.3) is 5.56 Å². The SMILES string of the molecule is O=C(CCc1nnc(Cn2cnc3nc[nH]c3c2=O)o1)c1nc2ncccc2[nH]1. The molecule has 0 fully saturated rings. The van der Waals surface area contributed by atoms with Crippen molar-refractivity contribution in [3.63, 3.8) is 0 Å². The first-order chi connectivity index (χ1) is 14.2. The Hall–Kier alpha value is -4.22. The molecule has 12 heteroatoms. The third-order valence-corrected chi connectivity index (χ3v) is 4.32. The number of ketones is 1. The van der Waals surface area contributed by atoms with E-state index in [1.807, 2.05) is 0 Å². The van der Waals surface area contributed by atoms with Crippen molar-refractivity contribution in [1.82, 2.24) is 44.7 Å². The molecule has 5 rings (SSSR count). The van der Waals surface area contributed by atoms with Crippen LogP contribution in [0.3, 0.4) is 0 Å². The van der Waals surface area contributed by atoms with E-state index in [0.29, 0.717) is 28.2 Å². The Morgan fingerprint density at radius 3 is 2.93 bits per heavy atom. The fourth-order valence-electron chi connectivity index (χ4n) is 2.89.